The van der Waals surface area contributed by atoms with Gasteiger partial charge in [-0.25, -0.2) is 0 Å². The minimum absolute atomic E-state index is 0.163. The Kier molecular flexibility index (Phi) is 19.7. The number of rotatable bonds is 13. The molecule has 0 aliphatic heterocycles. The molecule has 0 bridgehead atoms. The first-order valence-corrected chi connectivity index (χ1v) is 14.7. The molecule has 0 aromatic heterocycles. The molecule has 0 aromatic rings. The van der Waals surface area contributed by atoms with E-state index in [1.54, 1.807) is 0 Å². The molecule has 2 unspecified atom stereocenters. The van der Waals surface area contributed by atoms with Crippen LogP contribution < -0.4 is 0 Å². The largest absolute Gasteiger partial charge is 0.103 e. The van der Waals surface area contributed by atoms with Crippen LogP contribution in [-0.4, -0.2) is 0 Å². The highest BCUT2D eigenvalue weighted by Gasteiger charge is 2.33. The molecule has 2 radical (unpaired) electrons. The molecule has 1 aliphatic carbocycles. The summed E-state index contributed by atoms with van der Waals surface area (Å²) in [5.74, 6) is 2.80. The van der Waals surface area contributed by atoms with Crippen LogP contribution in [0.3, 0.4) is 0 Å². The van der Waals surface area contributed by atoms with Crippen LogP contribution in [0.1, 0.15) is 140 Å². The van der Waals surface area contributed by atoms with Gasteiger partial charge in [-0.3, -0.25) is 0 Å². The maximum atomic E-state index is 4.41. The Hall–Kier alpha value is -1.04. The van der Waals surface area contributed by atoms with Crippen LogP contribution in [0.2, 0.25) is 0 Å². The summed E-state index contributed by atoms with van der Waals surface area (Å²) >= 11 is 0. The van der Waals surface area contributed by atoms with Gasteiger partial charge < -0.3 is 0 Å². The van der Waals surface area contributed by atoms with Gasteiger partial charge in [0.1, 0.15) is 0 Å². The van der Waals surface area contributed by atoms with Crippen LogP contribution in [0, 0.1) is 35.5 Å². The van der Waals surface area contributed by atoms with Crippen molar-refractivity contribution < 1.29 is 0 Å². The van der Waals surface area contributed by atoms with Gasteiger partial charge in [0.15, 0.2) is 0 Å². The molecule has 0 saturated heterocycles. The minimum atomic E-state index is 0.163. The van der Waals surface area contributed by atoms with Gasteiger partial charge in [-0.05, 0) is 77.9 Å². The fraction of sp³-hybridized carbons (Fsp3) is 0.714. The molecular weight excluding hydrogens is 420 g/mol. The summed E-state index contributed by atoms with van der Waals surface area (Å²) in [6.07, 6.45) is 19.0. The molecule has 0 N–H and O–H groups in total. The van der Waals surface area contributed by atoms with Crippen LogP contribution in [0.15, 0.2) is 48.1 Å². The van der Waals surface area contributed by atoms with Crippen molar-refractivity contribution in [3.05, 3.63) is 60.9 Å². The van der Waals surface area contributed by atoms with Gasteiger partial charge in [-0.2, -0.15) is 0 Å². The van der Waals surface area contributed by atoms with Crippen molar-refractivity contribution in [3.8, 4) is 0 Å². The van der Waals surface area contributed by atoms with Crippen molar-refractivity contribution in [2.45, 2.75) is 140 Å². The van der Waals surface area contributed by atoms with Crippen molar-refractivity contribution in [2.24, 2.45) is 22.7 Å². The molecule has 0 fully saturated rings. The highest BCUT2D eigenvalue weighted by Crippen LogP contribution is 2.45. The molecule has 0 heterocycles. The average molecular weight is 485 g/mol. The Morgan fingerprint density at radius 2 is 1.57 bits per heavy atom. The Morgan fingerprint density at radius 1 is 1.03 bits per heavy atom. The lowest BCUT2D eigenvalue weighted by molar-refractivity contribution is 0.242. The molecule has 2 atom stereocenters. The van der Waals surface area contributed by atoms with E-state index in [-0.39, 0.29) is 5.41 Å². The molecule has 204 valence electrons. The summed E-state index contributed by atoms with van der Waals surface area (Å²) in [5, 5.41) is 0. The molecule has 0 aromatic carbocycles. The van der Waals surface area contributed by atoms with Gasteiger partial charge in [0, 0.05) is 0 Å². The zero-order valence-corrected chi connectivity index (χ0v) is 26.1. The highest BCUT2D eigenvalue weighted by atomic mass is 14.4. The van der Waals surface area contributed by atoms with Crippen molar-refractivity contribution in [1.82, 2.24) is 0 Å². The molecular formula is C35H64. The van der Waals surface area contributed by atoms with E-state index in [1.165, 1.54) is 86.8 Å². The van der Waals surface area contributed by atoms with Gasteiger partial charge in [0.25, 0.3) is 0 Å². The Morgan fingerprint density at radius 3 is 1.83 bits per heavy atom. The predicted octanol–water partition coefficient (Wildman–Crippen LogP) is 12.3. The third-order valence-corrected chi connectivity index (χ3v) is 8.67. The van der Waals surface area contributed by atoms with E-state index in [2.05, 4.69) is 108 Å². The second kappa shape index (κ2) is 19.1. The van der Waals surface area contributed by atoms with E-state index in [0.29, 0.717) is 17.3 Å². The van der Waals surface area contributed by atoms with E-state index < -0.39 is 0 Å². The number of hydrogen-bond donors (Lipinski definition) is 0. The number of hydrogen-bond acceptors (Lipinski definition) is 0. The fourth-order valence-electron chi connectivity index (χ4n) is 4.98. The summed E-state index contributed by atoms with van der Waals surface area (Å²) in [5.41, 5.74) is 4.84. The monoisotopic (exact) mass is 485 g/mol. The molecule has 0 spiro atoms. The Balaban J connectivity index is 0. The molecule has 0 amide bonds. The van der Waals surface area contributed by atoms with Crippen LogP contribution in [-0.2, 0) is 0 Å². The van der Waals surface area contributed by atoms with Crippen molar-refractivity contribution in [2.75, 3.05) is 0 Å². The zero-order valence-electron chi connectivity index (χ0n) is 26.1. The molecule has 0 heteroatoms. The SMILES string of the molecule is C=C[C](C)CCC.CCC(C)(CC)CC.[CH2]/C=C(/C(=C)C1=CC(C)CC1)C(C)(C)C(CC)CCC. The summed E-state index contributed by atoms with van der Waals surface area (Å²) in [7, 11) is 0. The molecule has 0 nitrogen and oxygen atoms in total. The molecule has 1 rings (SSSR count). The van der Waals surface area contributed by atoms with Gasteiger partial charge in [-0.15, -0.1) is 6.58 Å². The third kappa shape index (κ3) is 13.2. The topological polar surface area (TPSA) is 0 Å². The van der Waals surface area contributed by atoms with Gasteiger partial charge >= 0.3 is 0 Å². The third-order valence-electron chi connectivity index (χ3n) is 8.67. The summed E-state index contributed by atoms with van der Waals surface area (Å²) < 4.78 is 0. The Bertz CT molecular complexity index is 614. The fourth-order valence-corrected chi connectivity index (χ4v) is 4.98. The van der Waals surface area contributed by atoms with E-state index in [0.717, 1.165) is 0 Å². The standard InChI is InChI=1S/C20H33.C8H18.C7H13/c1-8-11-18(9-2)20(6,7)19(10-3)16(5)17-13-12-15(4)14-17;1-5-8(4,6-2)7-3;1-4-6-7(3)5-2/h10,14-15,18H,3,5,8-9,11-13H2,1-2,4,6-7H3;5-7H2,1-4H3;5H,2,4,6H2,1,3H3/b19-10-;;. The second-order valence-electron chi connectivity index (χ2n) is 11.6. The first-order valence-electron chi connectivity index (χ1n) is 14.7. The van der Waals surface area contributed by atoms with Crippen molar-refractivity contribution in [1.29, 1.82) is 0 Å². The smallest absolute Gasteiger partial charge is 0.00611 e. The molecule has 0 saturated carbocycles. The first kappa shape index (κ1) is 36.1. The van der Waals surface area contributed by atoms with E-state index in [1.807, 2.05) is 6.08 Å². The zero-order chi connectivity index (χ0) is 27.7. The second-order valence-corrected chi connectivity index (χ2v) is 11.6. The van der Waals surface area contributed by atoms with E-state index >= 15 is 0 Å². The summed E-state index contributed by atoms with van der Waals surface area (Å²) in [6, 6.07) is 0. The minimum Gasteiger partial charge on any atom is -0.103 e. The summed E-state index contributed by atoms with van der Waals surface area (Å²) in [6.45, 7) is 37.2. The van der Waals surface area contributed by atoms with Gasteiger partial charge in [-0.1, -0.05) is 139 Å². The van der Waals surface area contributed by atoms with Gasteiger partial charge in [0.2, 0.25) is 0 Å². The predicted molar refractivity (Wildman–Crippen MR) is 165 cm³/mol. The van der Waals surface area contributed by atoms with Crippen molar-refractivity contribution in [3.63, 3.8) is 0 Å². The average Bonchev–Trinajstić information content (AvgIpc) is 3.29. The maximum Gasteiger partial charge on any atom is -0.00611 e. The lowest BCUT2D eigenvalue weighted by Crippen LogP contribution is -2.27. The molecule has 1 aliphatic rings. The van der Waals surface area contributed by atoms with Crippen molar-refractivity contribution >= 4 is 0 Å². The van der Waals surface area contributed by atoms with Crippen LogP contribution in [0.5, 0.6) is 0 Å². The van der Waals surface area contributed by atoms with Crippen LogP contribution in [0.25, 0.3) is 0 Å². The first-order chi connectivity index (χ1) is 16.4. The quantitative estimate of drug-likeness (QED) is 0.228. The Labute approximate surface area is 223 Å². The summed E-state index contributed by atoms with van der Waals surface area (Å²) in [4.78, 5) is 0. The van der Waals surface area contributed by atoms with E-state index in [4.69, 9.17) is 0 Å². The highest BCUT2D eigenvalue weighted by molar-refractivity contribution is 5.49. The normalized spacial score (nSPS) is 17.1. The maximum absolute atomic E-state index is 4.41. The van der Waals surface area contributed by atoms with Crippen LogP contribution >= 0.6 is 0 Å². The number of allylic oxidation sites excluding steroid dienone is 6. The lowest BCUT2D eigenvalue weighted by atomic mass is 9.67. The van der Waals surface area contributed by atoms with Crippen LogP contribution in [0.4, 0.5) is 0 Å². The van der Waals surface area contributed by atoms with Gasteiger partial charge in [0.05, 0.1) is 0 Å². The van der Waals surface area contributed by atoms with E-state index in [9.17, 15) is 0 Å². The molecule has 35 heavy (non-hydrogen) atoms. The lowest BCUT2D eigenvalue weighted by Gasteiger charge is -2.37.